The number of halogens is 2. The fourth-order valence-corrected chi connectivity index (χ4v) is 8.27. The normalized spacial score (nSPS) is 28.5. The number of nitrogens with zero attached hydrogens (tertiary/aromatic N) is 3. The quantitative estimate of drug-likeness (QED) is 0.248. The van der Waals surface area contributed by atoms with E-state index in [0.717, 1.165) is 36.7 Å². The van der Waals surface area contributed by atoms with Gasteiger partial charge in [-0.05, 0) is 92.2 Å². The summed E-state index contributed by atoms with van der Waals surface area (Å²) in [7, 11) is 0. The van der Waals surface area contributed by atoms with Crippen LogP contribution in [-0.2, 0) is 13.0 Å². The second-order valence-electron chi connectivity index (χ2n) is 13.6. The smallest absolute Gasteiger partial charge is 0.328 e. The molecule has 0 radical (unpaired) electrons. The monoisotopic (exact) mass is 624 g/mol. The minimum Gasteiger partial charge on any atom is -0.340 e. The lowest BCUT2D eigenvalue weighted by atomic mass is 9.45. The van der Waals surface area contributed by atoms with Crippen molar-refractivity contribution in [1.82, 2.24) is 19.8 Å². The number of nitrogens with one attached hydrogen (secondary N) is 3. The summed E-state index contributed by atoms with van der Waals surface area (Å²) in [5, 5.41) is 8.74. The Labute approximate surface area is 262 Å². The zero-order valence-corrected chi connectivity index (χ0v) is 27.1. The summed E-state index contributed by atoms with van der Waals surface area (Å²) in [6.07, 6.45) is 2.86. The summed E-state index contributed by atoms with van der Waals surface area (Å²) in [4.78, 5) is 37.1. The van der Waals surface area contributed by atoms with E-state index in [4.69, 9.17) is 28.2 Å². The molecule has 230 valence electrons. The number of aryl methyl sites for hydroxylation is 1. The van der Waals surface area contributed by atoms with E-state index in [1.54, 1.807) is 18.2 Å². The Hall–Kier alpha value is -2.81. The van der Waals surface area contributed by atoms with Crippen LogP contribution < -0.4 is 21.9 Å². The van der Waals surface area contributed by atoms with Gasteiger partial charge in [0, 0.05) is 47.5 Å². The molecule has 0 unspecified atom stereocenters. The number of aromatic nitrogens is 2. The van der Waals surface area contributed by atoms with Gasteiger partial charge in [0.25, 0.3) is 5.56 Å². The molecule has 0 spiro atoms. The molecule has 8 nitrogen and oxygen atoms in total. The molecule has 2 heterocycles. The number of hydrogen-bond donors (Lipinski definition) is 3. The molecule has 3 N–H and O–H groups in total. The lowest BCUT2D eigenvalue weighted by molar-refractivity contribution is -0.108. The van der Waals surface area contributed by atoms with Gasteiger partial charge in [0.1, 0.15) is 0 Å². The molecule has 0 amide bonds. The number of benzene rings is 2. The standard InChI is InChI=1S/C33H42Cl2N6O2/c1-18-16-40(17-19(2)36-18)31(38-28-13-22-12-26(20(28)3)33(22,4)5)37-24-8-9-25-29(15-24)39-32(43)41(30(25)42)11-10-21-6-7-23(34)14-27(21)35/h6-9,14-15,18-20,22,26,28,36H,10-13,16-17H2,1-5H3,(H,37,38)(H,39,43)/t18-,19+,20-,22+,26+,28-/m0/s1. The van der Waals surface area contributed by atoms with Gasteiger partial charge in [-0.15, -0.1) is 0 Å². The highest BCUT2D eigenvalue weighted by Gasteiger charge is 2.56. The van der Waals surface area contributed by atoms with Gasteiger partial charge in [0.05, 0.1) is 16.9 Å². The van der Waals surface area contributed by atoms with Crippen molar-refractivity contribution in [1.29, 1.82) is 0 Å². The zero-order valence-electron chi connectivity index (χ0n) is 25.6. The summed E-state index contributed by atoms with van der Waals surface area (Å²) in [6, 6.07) is 11.7. The number of fused-ring (bicyclic) bond motifs is 3. The van der Waals surface area contributed by atoms with Crippen molar-refractivity contribution < 1.29 is 0 Å². The number of anilines is 1. The van der Waals surface area contributed by atoms with Gasteiger partial charge in [-0.2, -0.15) is 0 Å². The van der Waals surface area contributed by atoms with Crippen molar-refractivity contribution in [3.05, 3.63) is 72.8 Å². The number of piperazine rings is 1. The van der Waals surface area contributed by atoms with Crippen LogP contribution in [0.2, 0.25) is 10.0 Å². The lowest BCUT2D eigenvalue weighted by Crippen LogP contribution is -2.59. The Morgan fingerprint density at radius 1 is 1.05 bits per heavy atom. The maximum atomic E-state index is 13.4. The molecule has 3 aliphatic carbocycles. The van der Waals surface area contributed by atoms with Gasteiger partial charge in [0.15, 0.2) is 5.96 Å². The molecule has 2 aromatic carbocycles. The summed E-state index contributed by atoms with van der Waals surface area (Å²) < 4.78 is 1.23. The SMILES string of the molecule is C[C@@H]1[C@@H](/N=C(/Nc2ccc3c(=O)n(CCc4ccc(Cl)cc4Cl)c(=O)[nH]c3c2)N2C[C@@H](C)N[C@@H](C)C2)C[C@H]2C[C@H]1C2(C)C. The maximum absolute atomic E-state index is 13.4. The van der Waals surface area contributed by atoms with Crippen molar-refractivity contribution in [2.24, 2.45) is 28.2 Å². The van der Waals surface area contributed by atoms with Crippen molar-refractivity contribution in [3.63, 3.8) is 0 Å². The predicted molar refractivity (Wildman–Crippen MR) is 177 cm³/mol. The van der Waals surface area contributed by atoms with Crippen LogP contribution in [0.1, 0.15) is 53.0 Å². The number of H-pyrrole nitrogens is 1. The van der Waals surface area contributed by atoms with Crippen LogP contribution in [0.15, 0.2) is 51.0 Å². The molecule has 1 aliphatic heterocycles. The van der Waals surface area contributed by atoms with Crippen LogP contribution >= 0.6 is 23.2 Å². The van der Waals surface area contributed by atoms with Crippen molar-refractivity contribution in [3.8, 4) is 0 Å². The van der Waals surface area contributed by atoms with Gasteiger partial charge >= 0.3 is 5.69 Å². The molecule has 4 fully saturated rings. The average Bonchev–Trinajstić information content (AvgIpc) is 2.93. The lowest BCUT2D eigenvalue weighted by Gasteiger charge is -2.61. The summed E-state index contributed by atoms with van der Waals surface area (Å²) in [5.74, 6) is 2.80. The molecular formula is C33H42Cl2N6O2. The van der Waals surface area contributed by atoms with Crippen LogP contribution in [0, 0.1) is 23.2 Å². The Kier molecular flexibility index (Phi) is 8.16. The first-order valence-electron chi connectivity index (χ1n) is 15.5. The molecule has 2 bridgehead atoms. The van der Waals surface area contributed by atoms with E-state index in [1.165, 1.54) is 11.0 Å². The van der Waals surface area contributed by atoms with E-state index < -0.39 is 5.69 Å². The second-order valence-corrected chi connectivity index (χ2v) is 14.5. The number of aliphatic imine (C=N–C) groups is 1. The fourth-order valence-electron chi connectivity index (χ4n) is 7.76. The van der Waals surface area contributed by atoms with Gasteiger partial charge in [0.2, 0.25) is 0 Å². The molecule has 10 heteroatoms. The maximum Gasteiger partial charge on any atom is 0.328 e. The Balaban J connectivity index is 1.28. The average molecular weight is 626 g/mol. The van der Waals surface area contributed by atoms with E-state index in [1.807, 2.05) is 18.2 Å². The Bertz CT molecular complexity index is 1670. The molecule has 6 atom stereocenters. The first-order valence-corrected chi connectivity index (χ1v) is 16.2. The van der Waals surface area contributed by atoms with Crippen LogP contribution in [0.5, 0.6) is 0 Å². The van der Waals surface area contributed by atoms with Crippen LogP contribution in [-0.4, -0.2) is 51.6 Å². The molecule has 1 saturated heterocycles. The third-order valence-electron chi connectivity index (χ3n) is 10.3. The van der Waals surface area contributed by atoms with E-state index in [-0.39, 0.29) is 18.1 Å². The number of aromatic amines is 1. The van der Waals surface area contributed by atoms with Crippen LogP contribution in [0.25, 0.3) is 10.9 Å². The van der Waals surface area contributed by atoms with Crippen LogP contribution in [0.3, 0.4) is 0 Å². The highest BCUT2D eigenvalue weighted by Crippen LogP contribution is 2.61. The second kappa shape index (κ2) is 11.6. The minimum atomic E-state index is -0.448. The topological polar surface area (TPSA) is 94.5 Å². The molecule has 7 rings (SSSR count). The van der Waals surface area contributed by atoms with Gasteiger partial charge in [-0.25, -0.2) is 9.79 Å². The molecule has 3 saturated carbocycles. The number of hydrogen-bond acceptors (Lipinski definition) is 4. The molecule has 4 aliphatic rings. The highest BCUT2D eigenvalue weighted by molar-refractivity contribution is 6.35. The number of rotatable bonds is 5. The first-order chi connectivity index (χ1) is 20.4. The third kappa shape index (κ3) is 5.86. The van der Waals surface area contributed by atoms with E-state index >= 15 is 0 Å². The van der Waals surface area contributed by atoms with Crippen LogP contribution in [0.4, 0.5) is 5.69 Å². The third-order valence-corrected chi connectivity index (χ3v) is 10.9. The summed E-state index contributed by atoms with van der Waals surface area (Å²) in [6.45, 7) is 13.5. The molecule has 1 aromatic heterocycles. The van der Waals surface area contributed by atoms with E-state index in [2.05, 4.69) is 55.1 Å². The first kappa shape index (κ1) is 30.2. The fraction of sp³-hybridized carbons (Fsp3) is 0.545. The van der Waals surface area contributed by atoms with Crippen molar-refractivity contribution in [2.75, 3.05) is 18.4 Å². The van der Waals surface area contributed by atoms with Gasteiger partial charge in [-0.3, -0.25) is 9.36 Å². The van der Waals surface area contributed by atoms with Gasteiger partial charge < -0.3 is 20.5 Å². The molecule has 43 heavy (non-hydrogen) atoms. The molecule has 3 aromatic rings. The summed E-state index contributed by atoms with van der Waals surface area (Å²) in [5.41, 5.74) is 1.74. The van der Waals surface area contributed by atoms with Crippen molar-refractivity contribution in [2.45, 2.75) is 78.6 Å². The zero-order chi connectivity index (χ0) is 30.6. The Morgan fingerprint density at radius 3 is 2.47 bits per heavy atom. The minimum absolute atomic E-state index is 0.208. The van der Waals surface area contributed by atoms with E-state index in [9.17, 15) is 9.59 Å². The molecular weight excluding hydrogens is 583 g/mol. The highest BCUT2D eigenvalue weighted by atomic mass is 35.5. The Morgan fingerprint density at radius 2 is 1.79 bits per heavy atom. The predicted octanol–water partition coefficient (Wildman–Crippen LogP) is 5.76. The van der Waals surface area contributed by atoms with Crippen molar-refractivity contribution >= 4 is 45.8 Å². The van der Waals surface area contributed by atoms with E-state index in [0.29, 0.717) is 62.6 Å². The summed E-state index contributed by atoms with van der Waals surface area (Å²) >= 11 is 12.3. The van der Waals surface area contributed by atoms with Gasteiger partial charge in [-0.1, -0.05) is 50.0 Å². The number of guanidine groups is 1. The largest absolute Gasteiger partial charge is 0.340 e.